The highest BCUT2D eigenvalue weighted by molar-refractivity contribution is 6.15. The first-order valence-electron chi connectivity index (χ1n) is 5.80. The second-order valence-corrected chi connectivity index (χ2v) is 3.91. The number of rotatable bonds is 4. The predicted molar refractivity (Wildman–Crippen MR) is 66.6 cm³/mol. The summed E-state index contributed by atoms with van der Waals surface area (Å²) < 4.78 is 0. The Hall–Kier alpha value is -1.75. The third-order valence-electron chi connectivity index (χ3n) is 2.82. The molecule has 0 saturated carbocycles. The van der Waals surface area contributed by atoms with Crippen LogP contribution in [0.3, 0.4) is 0 Å². The topological polar surface area (TPSA) is 71.6 Å². The lowest BCUT2D eigenvalue weighted by molar-refractivity contribution is -0.119. The van der Waals surface area contributed by atoms with E-state index in [1.807, 2.05) is 19.1 Å². The number of carbonyl (C=O) groups is 1. The van der Waals surface area contributed by atoms with Gasteiger partial charge in [0.15, 0.2) is 5.82 Å². The zero-order chi connectivity index (χ0) is 12.3. The molecule has 1 aliphatic heterocycles. The zero-order valence-corrected chi connectivity index (χ0v) is 9.84. The van der Waals surface area contributed by atoms with Crippen LogP contribution in [0, 0.1) is 5.92 Å². The Morgan fingerprint density at radius 1 is 1.47 bits per heavy atom. The van der Waals surface area contributed by atoms with Gasteiger partial charge in [0.05, 0.1) is 11.6 Å². The first-order valence-corrected chi connectivity index (χ1v) is 5.80. The standard InChI is InChI=1S/C12H16N4O/c1-2-10-9(6-7-13)12(17)16(15-10)11-5-3-4-8-14-11/h3-5,8-9H,2,6-7,13H2,1H3. The van der Waals surface area contributed by atoms with Crippen LogP contribution in [-0.2, 0) is 4.79 Å². The Morgan fingerprint density at radius 2 is 2.29 bits per heavy atom. The molecule has 1 amide bonds. The first kappa shape index (κ1) is 11.7. The Kier molecular flexibility index (Phi) is 3.49. The third-order valence-corrected chi connectivity index (χ3v) is 2.82. The summed E-state index contributed by atoms with van der Waals surface area (Å²) in [5.41, 5.74) is 6.42. The van der Waals surface area contributed by atoms with E-state index in [1.165, 1.54) is 5.01 Å². The lowest BCUT2D eigenvalue weighted by atomic mass is 9.98. The Bertz CT molecular complexity index is 429. The first-order chi connectivity index (χ1) is 8.27. The van der Waals surface area contributed by atoms with Crippen molar-refractivity contribution in [2.75, 3.05) is 11.6 Å². The fourth-order valence-electron chi connectivity index (χ4n) is 1.95. The van der Waals surface area contributed by atoms with Crippen LogP contribution in [-0.4, -0.2) is 23.1 Å². The molecule has 5 heteroatoms. The van der Waals surface area contributed by atoms with Gasteiger partial charge in [0, 0.05) is 6.20 Å². The molecule has 90 valence electrons. The fraction of sp³-hybridized carbons (Fsp3) is 0.417. The van der Waals surface area contributed by atoms with E-state index in [4.69, 9.17) is 5.73 Å². The predicted octanol–water partition coefficient (Wildman–Crippen LogP) is 1.16. The maximum atomic E-state index is 12.2. The Morgan fingerprint density at radius 3 is 2.88 bits per heavy atom. The quantitative estimate of drug-likeness (QED) is 0.846. The van der Waals surface area contributed by atoms with Gasteiger partial charge in [-0.15, -0.1) is 0 Å². The minimum atomic E-state index is -0.174. The number of aromatic nitrogens is 1. The molecule has 1 unspecified atom stereocenters. The number of pyridine rings is 1. The molecular formula is C12H16N4O. The molecule has 17 heavy (non-hydrogen) atoms. The number of amides is 1. The number of hydrazone groups is 1. The summed E-state index contributed by atoms with van der Waals surface area (Å²) in [6.07, 6.45) is 3.06. The second-order valence-electron chi connectivity index (χ2n) is 3.91. The molecule has 1 atom stereocenters. The summed E-state index contributed by atoms with van der Waals surface area (Å²) in [5, 5.41) is 5.73. The van der Waals surface area contributed by atoms with E-state index >= 15 is 0 Å². The van der Waals surface area contributed by atoms with Gasteiger partial charge < -0.3 is 5.73 Å². The molecule has 0 saturated heterocycles. The van der Waals surface area contributed by atoms with Crippen molar-refractivity contribution in [3.05, 3.63) is 24.4 Å². The van der Waals surface area contributed by atoms with E-state index in [1.54, 1.807) is 12.3 Å². The minimum absolute atomic E-state index is 0.0222. The molecular weight excluding hydrogens is 216 g/mol. The number of nitrogens with two attached hydrogens (primary N) is 1. The highest BCUT2D eigenvalue weighted by atomic mass is 16.2. The van der Waals surface area contributed by atoms with Crippen molar-refractivity contribution in [1.29, 1.82) is 0 Å². The summed E-state index contributed by atoms with van der Waals surface area (Å²) in [6.45, 7) is 2.49. The van der Waals surface area contributed by atoms with Crippen molar-refractivity contribution in [3.63, 3.8) is 0 Å². The fourth-order valence-corrected chi connectivity index (χ4v) is 1.95. The molecule has 0 fully saturated rings. The highest BCUT2D eigenvalue weighted by Crippen LogP contribution is 2.24. The van der Waals surface area contributed by atoms with E-state index in [0.29, 0.717) is 18.8 Å². The van der Waals surface area contributed by atoms with Crippen molar-refractivity contribution in [2.24, 2.45) is 16.8 Å². The van der Waals surface area contributed by atoms with E-state index in [2.05, 4.69) is 10.1 Å². The number of hydrogen-bond acceptors (Lipinski definition) is 4. The second kappa shape index (κ2) is 5.05. The lowest BCUT2D eigenvalue weighted by Crippen LogP contribution is -2.29. The zero-order valence-electron chi connectivity index (χ0n) is 9.84. The van der Waals surface area contributed by atoms with Gasteiger partial charge in [-0.25, -0.2) is 4.98 Å². The van der Waals surface area contributed by atoms with Crippen LogP contribution in [0.5, 0.6) is 0 Å². The van der Waals surface area contributed by atoms with Crippen molar-refractivity contribution < 1.29 is 4.79 Å². The van der Waals surface area contributed by atoms with E-state index in [-0.39, 0.29) is 11.8 Å². The molecule has 5 nitrogen and oxygen atoms in total. The molecule has 0 spiro atoms. The lowest BCUT2D eigenvalue weighted by Gasteiger charge is -2.12. The van der Waals surface area contributed by atoms with Gasteiger partial charge in [-0.3, -0.25) is 4.79 Å². The summed E-state index contributed by atoms with van der Waals surface area (Å²) in [6, 6.07) is 5.43. The van der Waals surface area contributed by atoms with Crippen LogP contribution in [0.4, 0.5) is 5.82 Å². The molecule has 2 N–H and O–H groups in total. The summed E-state index contributed by atoms with van der Waals surface area (Å²) in [4.78, 5) is 16.3. The van der Waals surface area contributed by atoms with Crippen LogP contribution in [0.1, 0.15) is 19.8 Å². The molecule has 0 radical (unpaired) electrons. The van der Waals surface area contributed by atoms with Gasteiger partial charge in [-0.1, -0.05) is 13.0 Å². The van der Waals surface area contributed by atoms with Crippen LogP contribution in [0.25, 0.3) is 0 Å². The van der Waals surface area contributed by atoms with Gasteiger partial charge in [0.2, 0.25) is 0 Å². The largest absolute Gasteiger partial charge is 0.330 e. The van der Waals surface area contributed by atoms with Gasteiger partial charge in [0.25, 0.3) is 5.91 Å². The van der Waals surface area contributed by atoms with Gasteiger partial charge >= 0.3 is 0 Å². The maximum absolute atomic E-state index is 12.2. The average Bonchev–Trinajstić information content (AvgIpc) is 2.69. The Balaban J connectivity index is 2.27. The molecule has 1 aromatic heterocycles. The number of hydrogen-bond donors (Lipinski definition) is 1. The van der Waals surface area contributed by atoms with Crippen LogP contribution < -0.4 is 10.7 Å². The minimum Gasteiger partial charge on any atom is -0.330 e. The highest BCUT2D eigenvalue weighted by Gasteiger charge is 2.35. The van der Waals surface area contributed by atoms with Crippen LogP contribution in [0.15, 0.2) is 29.5 Å². The molecule has 2 rings (SSSR count). The molecule has 0 aliphatic carbocycles. The summed E-state index contributed by atoms with van der Waals surface area (Å²) in [5.74, 6) is 0.376. The van der Waals surface area contributed by atoms with Crippen LogP contribution >= 0.6 is 0 Å². The number of nitrogens with zero attached hydrogens (tertiary/aromatic N) is 3. The SMILES string of the molecule is CCC1=NN(c2ccccn2)C(=O)C1CCN. The van der Waals surface area contributed by atoms with Crippen LogP contribution in [0.2, 0.25) is 0 Å². The summed E-state index contributed by atoms with van der Waals surface area (Å²) >= 11 is 0. The summed E-state index contributed by atoms with van der Waals surface area (Å²) in [7, 11) is 0. The monoisotopic (exact) mass is 232 g/mol. The Labute approximate surface area is 100 Å². The molecule has 0 bridgehead atoms. The molecule has 0 aromatic carbocycles. The number of carbonyl (C=O) groups excluding carboxylic acids is 1. The average molecular weight is 232 g/mol. The van der Waals surface area contributed by atoms with Gasteiger partial charge in [0.1, 0.15) is 0 Å². The molecule has 1 aromatic rings. The number of anilines is 1. The molecule has 1 aliphatic rings. The molecule has 2 heterocycles. The van der Waals surface area contributed by atoms with E-state index in [9.17, 15) is 4.79 Å². The van der Waals surface area contributed by atoms with Gasteiger partial charge in [-0.2, -0.15) is 10.1 Å². The van der Waals surface area contributed by atoms with Gasteiger partial charge in [-0.05, 0) is 31.5 Å². The van der Waals surface area contributed by atoms with Crippen molar-refractivity contribution >= 4 is 17.4 Å². The maximum Gasteiger partial charge on any atom is 0.257 e. The van der Waals surface area contributed by atoms with E-state index < -0.39 is 0 Å². The van der Waals surface area contributed by atoms with Crippen molar-refractivity contribution in [2.45, 2.75) is 19.8 Å². The van der Waals surface area contributed by atoms with Crippen molar-refractivity contribution in [3.8, 4) is 0 Å². The normalized spacial score (nSPS) is 19.6. The van der Waals surface area contributed by atoms with E-state index in [0.717, 1.165) is 12.1 Å². The van der Waals surface area contributed by atoms with Crippen molar-refractivity contribution in [1.82, 2.24) is 4.98 Å². The smallest absolute Gasteiger partial charge is 0.257 e. The third kappa shape index (κ3) is 2.19.